The normalized spacial score (nSPS) is 28.4. The lowest BCUT2D eigenvalue weighted by molar-refractivity contribution is -0.140. The Balaban J connectivity index is 1.50. The molecule has 166 valence electrons. The molecule has 2 heterocycles. The summed E-state index contributed by atoms with van der Waals surface area (Å²) in [6, 6.07) is 7.21. The number of ether oxygens (including phenoxy) is 1. The molecule has 0 aromatic heterocycles. The summed E-state index contributed by atoms with van der Waals surface area (Å²) in [5, 5.41) is 9.45. The first-order valence-electron chi connectivity index (χ1n) is 11.6. The highest BCUT2D eigenvalue weighted by Crippen LogP contribution is 2.50. The van der Waals surface area contributed by atoms with Gasteiger partial charge in [0.05, 0.1) is 24.5 Å². The van der Waals surface area contributed by atoms with Crippen LogP contribution in [0.3, 0.4) is 0 Å². The molecule has 0 radical (unpaired) electrons. The first-order valence-corrected chi connectivity index (χ1v) is 11.6. The number of hydrogen-bond donors (Lipinski definition) is 1. The highest BCUT2D eigenvalue weighted by Gasteiger charge is 2.56. The van der Waals surface area contributed by atoms with E-state index in [0.717, 1.165) is 31.2 Å². The summed E-state index contributed by atoms with van der Waals surface area (Å²) in [4.78, 5) is 27.5. The number of fused-ring (bicyclic) bond motifs is 3. The number of carbonyl (C=O) groups excluding carboxylic acids is 2. The summed E-state index contributed by atoms with van der Waals surface area (Å²) in [6.07, 6.45) is 6.38. The molecule has 5 nitrogen and oxygen atoms in total. The minimum Gasteiger partial charge on any atom is -0.508 e. The molecule has 1 aromatic rings. The Kier molecular flexibility index (Phi) is 6.33. The minimum absolute atomic E-state index is 0.0159. The van der Waals surface area contributed by atoms with Crippen molar-refractivity contribution in [2.45, 2.75) is 59.0 Å². The van der Waals surface area contributed by atoms with Crippen molar-refractivity contribution in [2.24, 2.45) is 17.8 Å². The van der Waals surface area contributed by atoms with Gasteiger partial charge >= 0.3 is 0 Å². The molecule has 4 rings (SSSR count). The van der Waals surface area contributed by atoms with Crippen LogP contribution in [0.15, 0.2) is 41.0 Å². The first-order chi connectivity index (χ1) is 14.9. The number of rotatable bonds is 7. The Bertz CT molecular complexity index is 914. The molecule has 2 amide bonds. The molecule has 1 aliphatic carbocycles. The number of carbonyl (C=O) groups is 2. The van der Waals surface area contributed by atoms with Crippen LogP contribution >= 0.6 is 0 Å². The second-order valence-corrected chi connectivity index (χ2v) is 9.13. The van der Waals surface area contributed by atoms with Crippen LogP contribution in [0.1, 0.15) is 58.4 Å². The molecule has 0 unspecified atom stereocenters. The van der Waals surface area contributed by atoms with Gasteiger partial charge in [0.1, 0.15) is 5.75 Å². The maximum Gasteiger partial charge on any atom is 0.233 e. The highest BCUT2D eigenvalue weighted by atomic mass is 16.5. The van der Waals surface area contributed by atoms with E-state index in [0.29, 0.717) is 19.6 Å². The topological polar surface area (TPSA) is 66.8 Å². The van der Waals surface area contributed by atoms with Crippen LogP contribution in [-0.2, 0) is 14.3 Å². The van der Waals surface area contributed by atoms with Crippen molar-refractivity contribution in [3.05, 3.63) is 46.5 Å². The number of likely N-dealkylation sites (tertiary alicyclic amines) is 1. The molecule has 4 atom stereocenters. The largest absolute Gasteiger partial charge is 0.508 e. The van der Waals surface area contributed by atoms with Gasteiger partial charge in [-0.05, 0) is 62.3 Å². The first kappa shape index (κ1) is 21.8. The molecule has 3 aliphatic rings. The van der Waals surface area contributed by atoms with Crippen LogP contribution in [0.4, 0.5) is 0 Å². The molecule has 1 N–H and O–H groups in total. The van der Waals surface area contributed by atoms with Gasteiger partial charge in [-0.25, -0.2) is 0 Å². The van der Waals surface area contributed by atoms with E-state index >= 15 is 0 Å². The van der Waals surface area contributed by atoms with Gasteiger partial charge in [-0.2, -0.15) is 0 Å². The van der Waals surface area contributed by atoms with Gasteiger partial charge in [-0.3, -0.25) is 14.5 Å². The quantitative estimate of drug-likeness (QED) is 0.509. The number of phenols is 1. The lowest BCUT2D eigenvalue weighted by Gasteiger charge is -2.31. The van der Waals surface area contributed by atoms with Crippen molar-refractivity contribution in [3.63, 3.8) is 0 Å². The standard InChI is InChI=1S/C26H33NO4/c1-4-12-27-25(29)20-14-18(5-2)23-21(24(20)26(27)30)15-31-22(23)11-6-16(3)13-17-7-9-19(28)10-8-17/h7-10,13,20-22,24,28H,4-6,11-12,14-15H2,1-3H3/b16-13+/t20-,21+,22-,24-/m1/s1. The number of phenolic OH excluding ortho intramolecular Hbond substituents is 1. The number of allylic oxidation sites excluding steroid dienone is 2. The SMILES string of the molecule is CCCN1C(=O)[C@@H]2[C@@H](CC(CC)=C3[C@@H](CC/C(C)=C/c4ccc(O)cc4)OC[C@@H]32)C1=O. The summed E-state index contributed by atoms with van der Waals surface area (Å²) >= 11 is 0. The van der Waals surface area contributed by atoms with Crippen LogP contribution in [0.25, 0.3) is 6.08 Å². The molecule has 2 aliphatic heterocycles. The van der Waals surface area contributed by atoms with Crippen molar-refractivity contribution in [1.29, 1.82) is 0 Å². The molecular formula is C26H33NO4. The summed E-state index contributed by atoms with van der Waals surface area (Å²) in [5.74, 6) is -0.0602. The van der Waals surface area contributed by atoms with E-state index < -0.39 is 0 Å². The summed E-state index contributed by atoms with van der Waals surface area (Å²) in [5.41, 5.74) is 4.96. The number of nitrogens with zero attached hydrogens (tertiary/aromatic N) is 1. The van der Waals surface area contributed by atoms with Crippen LogP contribution < -0.4 is 0 Å². The van der Waals surface area contributed by atoms with Gasteiger partial charge in [0.25, 0.3) is 0 Å². The molecular weight excluding hydrogens is 390 g/mol. The van der Waals surface area contributed by atoms with Crippen molar-refractivity contribution >= 4 is 17.9 Å². The van der Waals surface area contributed by atoms with E-state index in [2.05, 4.69) is 19.9 Å². The van der Waals surface area contributed by atoms with Crippen molar-refractivity contribution in [1.82, 2.24) is 4.90 Å². The zero-order valence-corrected chi connectivity index (χ0v) is 18.8. The van der Waals surface area contributed by atoms with Crippen molar-refractivity contribution in [2.75, 3.05) is 13.2 Å². The maximum absolute atomic E-state index is 13.1. The average Bonchev–Trinajstić information content (AvgIpc) is 3.28. The fourth-order valence-electron chi connectivity index (χ4n) is 5.61. The minimum atomic E-state index is -0.233. The van der Waals surface area contributed by atoms with E-state index in [1.807, 2.05) is 19.1 Å². The Morgan fingerprint density at radius 3 is 2.58 bits per heavy atom. The molecule has 0 spiro atoms. The Labute approximate surface area is 184 Å². The van der Waals surface area contributed by atoms with Gasteiger partial charge in [0.15, 0.2) is 0 Å². The Morgan fingerprint density at radius 1 is 1.16 bits per heavy atom. The number of hydrogen-bond acceptors (Lipinski definition) is 4. The molecule has 0 bridgehead atoms. The van der Waals surface area contributed by atoms with Crippen molar-refractivity contribution in [3.8, 4) is 5.75 Å². The third-order valence-electron chi connectivity index (χ3n) is 7.08. The maximum atomic E-state index is 13.1. The Morgan fingerprint density at radius 2 is 1.90 bits per heavy atom. The molecule has 2 saturated heterocycles. The summed E-state index contributed by atoms with van der Waals surface area (Å²) in [6.45, 7) is 7.35. The van der Waals surface area contributed by atoms with Gasteiger partial charge in [0, 0.05) is 12.5 Å². The van der Waals surface area contributed by atoms with E-state index in [4.69, 9.17) is 4.74 Å². The van der Waals surface area contributed by atoms with Crippen LogP contribution in [0.5, 0.6) is 5.75 Å². The van der Waals surface area contributed by atoms with Crippen LogP contribution in [-0.4, -0.2) is 41.1 Å². The monoisotopic (exact) mass is 423 g/mol. The lowest BCUT2D eigenvalue weighted by atomic mass is 9.69. The average molecular weight is 424 g/mol. The van der Waals surface area contributed by atoms with Gasteiger partial charge in [-0.1, -0.05) is 43.2 Å². The number of amides is 2. The third-order valence-corrected chi connectivity index (χ3v) is 7.08. The van der Waals surface area contributed by atoms with Crippen LogP contribution in [0.2, 0.25) is 0 Å². The Hall–Kier alpha value is -2.40. The van der Waals surface area contributed by atoms with Gasteiger partial charge in [-0.15, -0.1) is 0 Å². The van der Waals surface area contributed by atoms with Crippen LogP contribution in [0, 0.1) is 17.8 Å². The smallest absolute Gasteiger partial charge is 0.233 e. The zero-order valence-electron chi connectivity index (χ0n) is 18.8. The van der Waals surface area contributed by atoms with E-state index in [1.54, 1.807) is 12.1 Å². The summed E-state index contributed by atoms with van der Waals surface area (Å²) in [7, 11) is 0. The molecule has 5 heteroatoms. The fourth-order valence-corrected chi connectivity index (χ4v) is 5.61. The third kappa shape index (κ3) is 4.08. The van der Waals surface area contributed by atoms with E-state index in [-0.39, 0.29) is 41.4 Å². The second kappa shape index (κ2) is 8.99. The molecule has 2 fully saturated rings. The predicted molar refractivity (Wildman–Crippen MR) is 120 cm³/mol. The lowest BCUT2D eigenvalue weighted by Crippen LogP contribution is -2.34. The highest BCUT2D eigenvalue weighted by molar-refractivity contribution is 6.05. The van der Waals surface area contributed by atoms with Crippen molar-refractivity contribution < 1.29 is 19.4 Å². The zero-order chi connectivity index (χ0) is 22.1. The second-order valence-electron chi connectivity index (χ2n) is 9.13. The predicted octanol–water partition coefficient (Wildman–Crippen LogP) is 4.71. The van der Waals surface area contributed by atoms with E-state index in [1.165, 1.54) is 21.6 Å². The van der Waals surface area contributed by atoms with E-state index in [9.17, 15) is 14.7 Å². The van der Waals surface area contributed by atoms with Gasteiger partial charge < -0.3 is 9.84 Å². The fraction of sp³-hybridized carbons (Fsp3) is 0.538. The molecule has 0 saturated carbocycles. The van der Waals surface area contributed by atoms with Gasteiger partial charge in [0.2, 0.25) is 11.8 Å². The number of aromatic hydroxyl groups is 1. The number of imide groups is 1. The molecule has 31 heavy (non-hydrogen) atoms. The molecule has 1 aromatic carbocycles. The number of benzene rings is 1. The summed E-state index contributed by atoms with van der Waals surface area (Å²) < 4.78 is 6.24.